The number of pyridine rings is 1. The first-order valence-corrected chi connectivity index (χ1v) is 8.65. The lowest BCUT2D eigenvalue weighted by atomic mass is 10.2. The van der Waals surface area contributed by atoms with Crippen LogP contribution in [0.5, 0.6) is 0 Å². The summed E-state index contributed by atoms with van der Waals surface area (Å²) in [4.78, 5) is 18.5. The summed E-state index contributed by atoms with van der Waals surface area (Å²) < 4.78 is 14.4. The molecule has 0 bridgehead atoms. The summed E-state index contributed by atoms with van der Waals surface area (Å²) in [6.07, 6.45) is 4.71. The highest BCUT2D eigenvalue weighted by Crippen LogP contribution is 2.37. The van der Waals surface area contributed by atoms with Gasteiger partial charge in [0.05, 0.1) is 16.3 Å². The van der Waals surface area contributed by atoms with Crippen LogP contribution in [0.2, 0.25) is 5.02 Å². The van der Waals surface area contributed by atoms with Gasteiger partial charge in [0.1, 0.15) is 11.6 Å². The molecule has 2 aromatic heterocycles. The number of amides is 1. The number of thiophene rings is 1. The average molecular weight is 412 g/mol. The molecule has 3 aromatic rings. The number of halogens is 3. The Hall–Kier alpha value is -2.15. The number of hydrogen-bond donors (Lipinski definition) is 1. The molecule has 1 aromatic carbocycles. The average Bonchev–Trinajstić information content (AvgIpc) is 2.92. The van der Waals surface area contributed by atoms with E-state index in [0.717, 1.165) is 10.4 Å². The van der Waals surface area contributed by atoms with Crippen molar-refractivity contribution in [2.24, 2.45) is 0 Å². The zero-order valence-corrected chi connectivity index (χ0v) is 16.2. The fourth-order valence-electron chi connectivity index (χ4n) is 2.31. The topological polar surface area (TPSA) is 59.2 Å². The summed E-state index contributed by atoms with van der Waals surface area (Å²) in [6.45, 7) is 0.306. The van der Waals surface area contributed by atoms with E-state index in [0.29, 0.717) is 27.5 Å². The van der Waals surface area contributed by atoms with Gasteiger partial charge < -0.3 is 10.6 Å². The highest BCUT2D eigenvalue weighted by Gasteiger charge is 2.16. The smallest absolute Gasteiger partial charge is 0.246 e. The van der Waals surface area contributed by atoms with Crippen molar-refractivity contribution in [1.82, 2.24) is 9.88 Å². The van der Waals surface area contributed by atoms with E-state index < -0.39 is 0 Å². The lowest BCUT2D eigenvalue weighted by Gasteiger charge is -2.14. The van der Waals surface area contributed by atoms with Gasteiger partial charge >= 0.3 is 0 Å². The lowest BCUT2D eigenvalue weighted by Crippen LogP contribution is -2.23. The molecule has 0 saturated carbocycles. The monoisotopic (exact) mass is 411 g/mol. The Kier molecular flexibility index (Phi) is 6.58. The Morgan fingerprint density at radius 3 is 2.81 bits per heavy atom. The minimum absolute atomic E-state index is 0. The van der Waals surface area contributed by atoms with Crippen LogP contribution in [-0.4, -0.2) is 22.8 Å². The lowest BCUT2D eigenvalue weighted by molar-refractivity contribution is -0.125. The third kappa shape index (κ3) is 4.33. The van der Waals surface area contributed by atoms with E-state index in [1.807, 2.05) is 0 Å². The molecule has 0 unspecified atom stereocenters. The van der Waals surface area contributed by atoms with Gasteiger partial charge in [-0.25, -0.2) is 9.37 Å². The summed E-state index contributed by atoms with van der Waals surface area (Å²) in [7, 11) is 1.67. The number of rotatable bonds is 4. The van der Waals surface area contributed by atoms with Gasteiger partial charge in [-0.1, -0.05) is 23.7 Å². The Balaban J connectivity index is 0.00000243. The summed E-state index contributed by atoms with van der Waals surface area (Å²) >= 11 is 7.60. The van der Waals surface area contributed by atoms with Gasteiger partial charge in [-0.2, -0.15) is 0 Å². The molecule has 136 valence electrons. The van der Waals surface area contributed by atoms with E-state index in [1.54, 1.807) is 43.6 Å². The van der Waals surface area contributed by atoms with Crippen LogP contribution in [0.3, 0.4) is 0 Å². The first kappa shape index (κ1) is 20.2. The number of hydrogen-bond acceptors (Lipinski definition) is 4. The molecule has 0 aliphatic rings. The Morgan fingerprint density at radius 2 is 2.15 bits per heavy atom. The van der Waals surface area contributed by atoms with Crippen LogP contribution in [0.4, 0.5) is 10.2 Å². The van der Waals surface area contributed by atoms with Crippen molar-refractivity contribution < 1.29 is 9.18 Å². The molecule has 0 radical (unpaired) electrons. The molecule has 2 heterocycles. The molecule has 2 N–H and O–H groups in total. The predicted octanol–water partition coefficient (Wildman–Crippen LogP) is 4.76. The molecule has 0 atom stereocenters. The standard InChI is InChI=1S/C18H15ClFN3OS.ClH/c1-23(16(24)8-6-11-5-7-15(21)22-9-11)10-14-17(19)12-3-2-4-13(20)18(12)25-14;/h2-9H,10H2,1H3,(H2,21,22);1H/b8-6+;. The van der Waals surface area contributed by atoms with Crippen molar-refractivity contribution in [2.75, 3.05) is 12.8 Å². The van der Waals surface area contributed by atoms with E-state index in [2.05, 4.69) is 4.98 Å². The number of nitrogens with two attached hydrogens (primary N) is 1. The fraction of sp³-hybridized carbons (Fsp3) is 0.111. The quantitative estimate of drug-likeness (QED) is 0.629. The number of carbonyl (C=O) groups excluding carboxylic acids is 1. The van der Waals surface area contributed by atoms with Gasteiger partial charge in [0.2, 0.25) is 5.91 Å². The third-order valence-corrected chi connectivity index (χ3v) is 5.40. The molecule has 0 aliphatic heterocycles. The van der Waals surface area contributed by atoms with Crippen LogP contribution >= 0.6 is 35.3 Å². The SMILES string of the molecule is CN(Cc1sc2c(F)cccc2c1Cl)C(=O)/C=C/c1ccc(N)nc1.Cl. The molecule has 4 nitrogen and oxygen atoms in total. The van der Waals surface area contributed by atoms with Crippen molar-refractivity contribution in [3.63, 3.8) is 0 Å². The van der Waals surface area contributed by atoms with Crippen LogP contribution in [0.1, 0.15) is 10.4 Å². The number of anilines is 1. The summed E-state index contributed by atoms with van der Waals surface area (Å²) in [6, 6.07) is 8.24. The van der Waals surface area contributed by atoms with Crippen LogP contribution in [-0.2, 0) is 11.3 Å². The van der Waals surface area contributed by atoms with E-state index in [-0.39, 0.29) is 24.1 Å². The first-order valence-electron chi connectivity index (χ1n) is 7.46. The van der Waals surface area contributed by atoms with Crippen LogP contribution < -0.4 is 5.73 Å². The van der Waals surface area contributed by atoms with Gasteiger partial charge in [0, 0.05) is 29.6 Å². The molecule has 0 aliphatic carbocycles. The maximum atomic E-state index is 13.9. The Labute approximate surface area is 165 Å². The minimum Gasteiger partial charge on any atom is -0.384 e. The third-order valence-electron chi connectivity index (χ3n) is 3.66. The molecular formula is C18H16Cl2FN3OS. The van der Waals surface area contributed by atoms with Gasteiger partial charge in [0.25, 0.3) is 0 Å². The van der Waals surface area contributed by atoms with Crippen molar-refractivity contribution in [1.29, 1.82) is 0 Å². The number of nitrogens with zero attached hydrogens (tertiary/aromatic N) is 2. The first-order chi connectivity index (χ1) is 12.0. The number of fused-ring (bicyclic) bond motifs is 1. The number of benzene rings is 1. The zero-order valence-electron chi connectivity index (χ0n) is 13.8. The van der Waals surface area contributed by atoms with Gasteiger partial charge in [-0.05, 0) is 29.8 Å². The zero-order chi connectivity index (χ0) is 18.0. The van der Waals surface area contributed by atoms with E-state index in [1.165, 1.54) is 28.4 Å². The molecule has 3 rings (SSSR count). The second-order valence-corrected chi connectivity index (χ2v) is 6.98. The minimum atomic E-state index is -0.305. The number of carbonyl (C=O) groups is 1. The summed E-state index contributed by atoms with van der Waals surface area (Å²) in [5.74, 6) is -0.0709. The maximum Gasteiger partial charge on any atom is 0.246 e. The van der Waals surface area contributed by atoms with Crippen molar-refractivity contribution in [3.8, 4) is 0 Å². The molecule has 1 amide bonds. The van der Waals surface area contributed by atoms with E-state index in [9.17, 15) is 9.18 Å². The van der Waals surface area contributed by atoms with Gasteiger partial charge in [-0.3, -0.25) is 4.79 Å². The van der Waals surface area contributed by atoms with E-state index >= 15 is 0 Å². The largest absolute Gasteiger partial charge is 0.384 e. The highest BCUT2D eigenvalue weighted by molar-refractivity contribution is 7.19. The molecule has 8 heteroatoms. The van der Waals surface area contributed by atoms with Gasteiger partial charge in [-0.15, -0.1) is 23.7 Å². The molecule has 0 saturated heterocycles. The number of aromatic nitrogens is 1. The predicted molar refractivity (Wildman–Crippen MR) is 108 cm³/mol. The highest BCUT2D eigenvalue weighted by atomic mass is 35.5. The van der Waals surface area contributed by atoms with Crippen molar-refractivity contribution >= 4 is 63.2 Å². The van der Waals surface area contributed by atoms with Crippen LogP contribution in [0.25, 0.3) is 16.2 Å². The van der Waals surface area contributed by atoms with Crippen LogP contribution in [0, 0.1) is 5.82 Å². The summed E-state index contributed by atoms with van der Waals surface area (Å²) in [5, 5.41) is 1.16. The number of likely N-dealkylation sites (N-methyl/N-ethyl adjacent to an activating group) is 1. The number of nitrogen functional groups attached to an aromatic ring is 1. The van der Waals surface area contributed by atoms with Crippen LogP contribution in [0.15, 0.2) is 42.6 Å². The summed E-state index contributed by atoms with van der Waals surface area (Å²) in [5.41, 5.74) is 6.30. The second kappa shape index (κ2) is 8.49. The Morgan fingerprint density at radius 1 is 1.38 bits per heavy atom. The normalized spacial score (nSPS) is 10.9. The van der Waals surface area contributed by atoms with Crippen molar-refractivity contribution in [2.45, 2.75) is 6.54 Å². The molecule has 0 spiro atoms. The molecule has 0 fully saturated rings. The fourth-order valence-corrected chi connectivity index (χ4v) is 3.85. The van der Waals surface area contributed by atoms with Crippen molar-refractivity contribution in [3.05, 3.63) is 63.9 Å². The second-order valence-electron chi connectivity index (χ2n) is 5.50. The molecular weight excluding hydrogens is 396 g/mol. The molecule has 26 heavy (non-hydrogen) atoms. The van der Waals surface area contributed by atoms with Gasteiger partial charge in [0.15, 0.2) is 0 Å². The Bertz CT molecular complexity index is 957. The maximum absolute atomic E-state index is 13.9. The van der Waals surface area contributed by atoms with E-state index in [4.69, 9.17) is 17.3 Å².